The number of hydrogen-bond acceptors (Lipinski definition) is 2. The summed E-state index contributed by atoms with van der Waals surface area (Å²) >= 11 is 0. The lowest BCUT2D eigenvalue weighted by molar-refractivity contribution is -0.143. The molecule has 3 rings (SSSR count). The number of rotatable bonds is 6. The molecule has 1 aliphatic heterocycles. The Morgan fingerprint density at radius 3 is 2.03 bits per heavy atom. The van der Waals surface area contributed by atoms with E-state index in [1.807, 2.05) is 44.2 Å². The molecule has 1 N–H and O–H groups in total. The zero-order valence-electron chi connectivity index (χ0n) is 19.6. The standard InChI is InChI=1S/C25H29F6N3O/c1-3-21(4-2)32-23(35)34-11-10-33(16-22(34)18-8-6-5-7-9-18)15-17-12-19(24(26,27)28)14-20(13-17)25(29,30)31/h5-9,12-14,21-22H,3-4,10-11,15-16H2,1-2H3,(H,32,35). The third-order valence-electron chi connectivity index (χ3n) is 6.28. The second kappa shape index (κ2) is 10.9. The molecule has 0 aromatic heterocycles. The molecular formula is C25H29F6N3O. The van der Waals surface area contributed by atoms with Crippen LogP contribution in [0.4, 0.5) is 31.1 Å². The van der Waals surface area contributed by atoms with Gasteiger partial charge in [-0.3, -0.25) is 4.90 Å². The number of benzene rings is 2. The average molecular weight is 502 g/mol. The van der Waals surface area contributed by atoms with Gasteiger partial charge < -0.3 is 10.2 Å². The highest BCUT2D eigenvalue weighted by Gasteiger charge is 2.38. The zero-order chi connectivity index (χ0) is 25.8. The Morgan fingerprint density at radius 1 is 0.943 bits per heavy atom. The molecule has 1 aliphatic rings. The Morgan fingerprint density at radius 2 is 1.51 bits per heavy atom. The smallest absolute Gasteiger partial charge is 0.335 e. The van der Waals surface area contributed by atoms with E-state index in [9.17, 15) is 31.1 Å². The molecule has 2 aromatic rings. The summed E-state index contributed by atoms with van der Waals surface area (Å²) in [4.78, 5) is 16.5. The van der Waals surface area contributed by atoms with Crippen LogP contribution >= 0.6 is 0 Å². The first-order chi connectivity index (χ1) is 16.4. The third kappa shape index (κ3) is 6.90. The molecule has 0 bridgehead atoms. The Kier molecular flexibility index (Phi) is 8.35. The van der Waals surface area contributed by atoms with E-state index in [2.05, 4.69) is 5.32 Å². The van der Waals surface area contributed by atoms with E-state index >= 15 is 0 Å². The first kappa shape index (κ1) is 26.8. The van der Waals surface area contributed by atoms with Crippen LogP contribution in [0.1, 0.15) is 55.0 Å². The first-order valence-electron chi connectivity index (χ1n) is 11.5. The van der Waals surface area contributed by atoms with Gasteiger partial charge in [-0.05, 0) is 42.2 Å². The van der Waals surface area contributed by atoms with E-state index in [4.69, 9.17) is 0 Å². The predicted octanol–water partition coefficient (Wildman–Crippen LogP) is 6.48. The van der Waals surface area contributed by atoms with E-state index in [0.29, 0.717) is 6.54 Å². The lowest BCUT2D eigenvalue weighted by Gasteiger charge is -2.42. The highest BCUT2D eigenvalue weighted by Crippen LogP contribution is 2.37. The topological polar surface area (TPSA) is 35.6 Å². The van der Waals surface area contributed by atoms with Crippen molar-refractivity contribution in [2.24, 2.45) is 0 Å². The van der Waals surface area contributed by atoms with Gasteiger partial charge in [-0.1, -0.05) is 44.2 Å². The van der Waals surface area contributed by atoms with Gasteiger partial charge in [0.2, 0.25) is 0 Å². The Balaban J connectivity index is 1.86. The van der Waals surface area contributed by atoms with Crippen LogP contribution in [0.25, 0.3) is 0 Å². The van der Waals surface area contributed by atoms with E-state index < -0.39 is 29.5 Å². The van der Waals surface area contributed by atoms with Gasteiger partial charge in [0.05, 0.1) is 17.2 Å². The molecule has 0 saturated carbocycles. The normalized spacial score (nSPS) is 17.6. The van der Waals surface area contributed by atoms with Crippen molar-refractivity contribution in [3.8, 4) is 0 Å². The molecule has 192 valence electrons. The van der Waals surface area contributed by atoms with Crippen molar-refractivity contribution in [2.45, 2.75) is 57.7 Å². The van der Waals surface area contributed by atoms with Gasteiger partial charge in [0, 0.05) is 32.2 Å². The van der Waals surface area contributed by atoms with Gasteiger partial charge in [-0.2, -0.15) is 26.3 Å². The van der Waals surface area contributed by atoms with Gasteiger partial charge >= 0.3 is 18.4 Å². The number of piperazine rings is 1. The number of amides is 2. The number of halogens is 6. The Labute approximate surface area is 200 Å². The fourth-order valence-corrected chi connectivity index (χ4v) is 4.31. The monoisotopic (exact) mass is 501 g/mol. The number of carbonyl (C=O) groups is 1. The van der Waals surface area contributed by atoms with E-state index in [0.717, 1.165) is 30.5 Å². The zero-order valence-corrected chi connectivity index (χ0v) is 19.6. The number of nitrogens with one attached hydrogen (secondary N) is 1. The highest BCUT2D eigenvalue weighted by atomic mass is 19.4. The minimum atomic E-state index is -4.89. The molecule has 2 aromatic carbocycles. The summed E-state index contributed by atoms with van der Waals surface area (Å²) in [5, 5.41) is 3.02. The molecule has 1 saturated heterocycles. The maximum absolute atomic E-state index is 13.3. The van der Waals surface area contributed by atoms with Crippen LogP contribution in [0.3, 0.4) is 0 Å². The van der Waals surface area contributed by atoms with Crippen LogP contribution in [0.5, 0.6) is 0 Å². The number of carbonyl (C=O) groups excluding carboxylic acids is 1. The van der Waals surface area contributed by atoms with Gasteiger partial charge in [0.1, 0.15) is 0 Å². The minimum absolute atomic E-state index is 0.0165. The molecule has 0 radical (unpaired) electrons. The van der Waals surface area contributed by atoms with Crippen LogP contribution in [-0.4, -0.2) is 41.5 Å². The Bertz CT molecular complexity index is 957. The molecule has 1 atom stereocenters. The van der Waals surface area contributed by atoms with Gasteiger partial charge in [0.25, 0.3) is 0 Å². The van der Waals surface area contributed by atoms with Crippen molar-refractivity contribution in [2.75, 3.05) is 19.6 Å². The van der Waals surface area contributed by atoms with Crippen molar-refractivity contribution in [1.82, 2.24) is 15.1 Å². The second-order valence-corrected chi connectivity index (χ2v) is 8.73. The van der Waals surface area contributed by atoms with Crippen LogP contribution in [0.2, 0.25) is 0 Å². The SMILES string of the molecule is CCC(CC)NC(=O)N1CCN(Cc2cc(C(F)(F)F)cc(C(F)(F)F)c2)CC1c1ccccc1. The largest absolute Gasteiger partial charge is 0.416 e. The van der Waals surface area contributed by atoms with Gasteiger partial charge in [-0.15, -0.1) is 0 Å². The van der Waals surface area contributed by atoms with Crippen molar-refractivity contribution in [3.63, 3.8) is 0 Å². The van der Waals surface area contributed by atoms with Crippen molar-refractivity contribution in [1.29, 1.82) is 0 Å². The van der Waals surface area contributed by atoms with Crippen LogP contribution < -0.4 is 5.32 Å². The lowest BCUT2D eigenvalue weighted by atomic mass is 10.0. The molecule has 1 heterocycles. The molecule has 35 heavy (non-hydrogen) atoms. The van der Waals surface area contributed by atoms with Crippen LogP contribution in [0, 0.1) is 0 Å². The molecule has 2 amide bonds. The summed E-state index contributed by atoms with van der Waals surface area (Å²) < 4.78 is 79.6. The summed E-state index contributed by atoms with van der Waals surface area (Å²) in [7, 11) is 0. The molecule has 1 fully saturated rings. The molecule has 10 heteroatoms. The maximum atomic E-state index is 13.3. The summed E-state index contributed by atoms with van der Waals surface area (Å²) in [6, 6.07) is 10.3. The lowest BCUT2D eigenvalue weighted by Crippen LogP contribution is -2.54. The molecule has 1 unspecified atom stereocenters. The van der Waals surface area contributed by atoms with Crippen molar-refractivity contribution >= 4 is 6.03 Å². The molecule has 4 nitrogen and oxygen atoms in total. The molecule has 0 spiro atoms. The third-order valence-corrected chi connectivity index (χ3v) is 6.28. The predicted molar refractivity (Wildman–Crippen MR) is 121 cm³/mol. The second-order valence-electron chi connectivity index (χ2n) is 8.73. The first-order valence-corrected chi connectivity index (χ1v) is 11.5. The fourth-order valence-electron chi connectivity index (χ4n) is 4.31. The average Bonchev–Trinajstić information content (AvgIpc) is 2.81. The fraction of sp³-hybridized carbons (Fsp3) is 0.480. The quantitative estimate of drug-likeness (QED) is 0.460. The van der Waals surface area contributed by atoms with Crippen molar-refractivity contribution in [3.05, 3.63) is 70.8 Å². The minimum Gasteiger partial charge on any atom is -0.335 e. The van der Waals surface area contributed by atoms with E-state index in [-0.39, 0.29) is 43.3 Å². The summed E-state index contributed by atoms with van der Waals surface area (Å²) in [6.45, 7) is 4.74. The Hall–Kier alpha value is -2.75. The maximum Gasteiger partial charge on any atom is 0.416 e. The number of urea groups is 1. The van der Waals surface area contributed by atoms with Crippen LogP contribution in [0.15, 0.2) is 48.5 Å². The summed E-state index contributed by atoms with van der Waals surface area (Å²) in [5.41, 5.74) is -1.89. The van der Waals surface area contributed by atoms with Gasteiger partial charge in [-0.25, -0.2) is 4.79 Å². The van der Waals surface area contributed by atoms with E-state index in [1.165, 1.54) is 0 Å². The molecular weight excluding hydrogens is 472 g/mol. The summed E-state index contributed by atoms with van der Waals surface area (Å²) in [6.07, 6.45) is -8.24. The van der Waals surface area contributed by atoms with Crippen molar-refractivity contribution < 1.29 is 31.1 Å². The van der Waals surface area contributed by atoms with E-state index in [1.54, 1.807) is 9.80 Å². The highest BCUT2D eigenvalue weighted by molar-refractivity contribution is 5.75. The number of alkyl halides is 6. The number of nitrogens with zero attached hydrogens (tertiary/aromatic N) is 2. The number of hydrogen-bond donors (Lipinski definition) is 1. The van der Waals surface area contributed by atoms with Gasteiger partial charge in [0.15, 0.2) is 0 Å². The molecule has 0 aliphatic carbocycles. The summed E-state index contributed by atoms with van der Waals surface area (Å²) in [5.74, 6) is 0. The van der Waals surface area contributed by atoms with Crippen LogP contribution in [-0.2, 0) is 18.9 Å².